The molecule has 0 heterocycles. The van der Waals surface area contributed by atoms with E-state index >= 15 is 0 Å². The predicted octanol–water partition coefficient (Wildman–Crippen LogP) is 3.57. The molecule has 0 saturated carbocycles. The average molecular weight is 293 g/mol. The van der Waals surface area contributed by atoms with Gasteiger partial charge in [-0.3, -0.25) is 4.79 Å². The first-order valence-electron chi connectivity index (χ1n) is 6.69. The smallest absolute Gasteiger partial charge is 0.407 e. The van der Waals surface area contributed by atoms with Crippen molar-refractivity contribution < 1.29 is 18.7 Å². The number of rotatable bonds is 5. The van der Waals surface area contributed by atoms with Crippen molar-refractivity contribution in [2.75, 3.05) is 6.54 Å². The fourth-order valence-corrected chi connectivity index (χ4v) is 1.59. The van der Waals surface area contributed by atoms with Crippen LogP contribution in [-0.4, -0.2) is 24.5 Å². The largest absolute Gasteiger partial charge is 0.444 e. The Balaban J connectivity index is 2.40. The second kappa shape index (κ2) is 7.57. The van der Waals surface area contributed by atoms with Crippen molar-refractivity contribution >= 4 is 18.5 Å². The van der Waals surface area contributed by atoms with Gasteiger partial charge in [0.15, 0.2) is 0 Å². The number of aldehydes is 1. The number of ether oxygens (including phenoxy) is 1. The van der Waals surface area contributed by atoms with Crippen LogP contribution in [0.4, 0.5) is 9.18 Å². The molecule has 0 bridgehead atoms. The van der Waals surface area contributed by atoms with Gasteiger partial charge in [-0.1, -0.05) is 12.2 Å². The summed E-state index contributed by atoms with van der Waals surface area (Å²) in [7, 11) is 0. The van der Waals surface area contributed by atoms with E-state index in [4.69, 9.17) is 4.74 Å². The van der Waals surface area contributed by atoms with Gasteiger partial charge in [0.1, 0.15) is 17.7 Å². The van der Waals surface area contributed by atoms with E-state index in [2.05, 4.69) is 5.32 Å². The molecule has 0 unspecified atom stereocenters. The van der Waals surface area contributed by atoms with Gasteiger partial charge in [0.2, 0.25) is 0 Å². The molecule has 5 heteroatoms. The van der Waals surface area contributed by atoms with Crippen molar-refractivity contribution in [1.29, 1.82) is 0 Å². The van der Waals surface area contributed by atoms with E-state index in [1.165, 1.54) is 12.1 Å². The molecular formula is C16H20FNO3. The van der Waals surface area contributed by atoms with Crippen molar-refractivity contribution in [3.8, 4) is 0 Å². The Labute approximate surface area is 124 Å². The molecule has 114 valence electrons. The maximum absolute atomic E-state index is 13.2. The maximum atomic E-state index is 13.2. The van der Waals surface area contributed by atoms with Crippen LogP contribution in [0.1, 0.15) is 43.1 Å². The van der Waals surface area contributed by atoms with Crippen molar-refractivity contribution in [3.05, 3.63) is 41.2 Å². The highest BCUT2D eigenvalue weighted by molar-refractivity contribution is 5.76. The number of benzene rings is 1. The number of hydrogen-bond acceptors (Lipinski definition) is 3. The van der Waals surface area contributed by atoms with Gasteiger partial charge >= 0.3 is 6.09 Å². The van der Waals surface area contributed by atoms with Gasteiger partial charge in [-0.2, -0.15) is 0 Å². The number of carbonyl (C=O) groups is 2. The molecule has 0 fully saturated rings. The Morgan fingerprint density at radius 1 is 1.29 bits per heavy atom. The third-order valence-corrected chi connectivity index (χ3v) is 2.37. The van der Waals surface area contributed by atoms with Crippen LogP contribution in [0, 0.1) is 5.82 Å². The highest BCUT2D eigenvalue weighted by Crippen LogP contribution is 2.10. The van der Waals surface area contributed by atoms with Crippen molar-refractivity contribution in [2.24, 2.45) is 0 Å². The van der Waals surface area contributed by atoms with E-state index in [9.17, 15) is 14.0 Å². The minimum atomic E-state index is -0.521. The second-order valence-corrected chi connectivity index (χ2v) is 5.56. The fourth-order valence-electron chi connectivity index (χ4n) is 1.59. The number of alkyl carbamates (subject to hydrolysis) is 1. The van der Waals surface area contributed by atoms with Crippen LogP contribution in [0.3, 0.4) is 0 Å². The first-order chi connectivity index (χ1) is 9.80. The molecule has 21 heavy (non-hydrogen) atoms. The molecule has 0 aliphatic rings. The molecule has 1 aromatic carbocycles. The molecule has 0 aromatic heterocycles. The molecule has 1 aromatic rings. The normalized spacial score (nSPS) is 11.4. The molecular weight excluding hydrogens is 273 g/mol. The van der Waals surface area contributed by atoms with E-state index in [1.807, 2.05) is 0 Å². The molecule has 0 spiro atoms. The van der Waals surface area contributed by atoms with Crippen LogP contribution >= 0.6 is 0 Å². The van der Waals surface area contributed by atoms with Gasteiger partial charge in [0, 0.05) is 12.1 Å². The Kier molecular flexibility index (Phi) is 6.09. The Morgan fingerprint density at radius 3 is 2.57 bits per heavy atom. The van der Waals surface area contributed by atoms with Crippen LogP contribution in [0.5, 0.6) is 0 Å². The van der Waals surface area contributed by atoms with Crippen molar-refractivity contribution in [1.82, 2.24) is 5.32 Å². The predicted molar refractivity (Wildman–Crippen MR) is 79.7 cm³/mol. The minimum Gasteiger partial charge on any atom is -0.444 e. The topological polar surface area (TPSA) is 55.4 Å². The molecule has 1 N–H and O–H groups in total. The lowest BCUT2D eigenvalue weighted by molar-refractivity contribution is 0.0528. The summed E-state index contributed by atoms with van der Waals surface area (Å²) in [6.07, 6.45) is 4.20. The van der Waals surface area contributed by atoms with E-state index in [-0.39, 0.29) is 0 Å². The Morgan fingerprint density at radius 2 is 1.95 bits per heavy atom. The highest BCUT2D eigenvalue weighted by atomic mass is 19.1. The monoisotopic (exact) mass is 293 g/mol. The number of hydrogen-bond donors (Lipinski definition) is 1. The summed E-state index contributed by atoms with van der Waals surface area (Å²) in [5.41, 5.74) is 0.378. The lowest BCUT2D eigenvalue weighted by atomic mass is 10.1. The molecule has 0 atom stereocenters. The summed E-state index contributed by atoms with van der Waals surface area (Å²) in [5, 5.41) is 2.62. The maximum Gasteiger partial charge on any atom is 0.407 e. The summed E-state index contributed by atoms with van der Waals surface area (Å²) in [4.78, 5) is 22.0. The SMILES string of the molecule is CC(C)(C)OC(=O)NCCC=Cc1cc(F)cc(C=O)c1. The highest BCUT2D eigenvalue weighted by Gasteiger charge is 2.15. The van der Waals surface area contributed by atoms with Gasteiger partial charge in [-0.05, 0) is 51.0 Å². The molecule has 0 aliphatic carbocycles. The second-order valence-electron chi connectivity index (χ2n) is 5.56. The average Bonchev–Trinajstić information content (AvgIpc) is 2.35. The third kappa shape index (κ3) is 7.25. The Bertz CT molecular complexity index is 533. The van der Waals surface area contributed by atoms with Crippen LogP contribution < -0.4 is 5.32 Å². The number of nitrogens with one attached hydrogen (secondary N) is 1. The van der Waals surface area contributed by atoms with Gasteiger partial charge in [0.05, 0.1) is 0 Å². The summed E-state index contributed by atoms with van der Waals surface area (Å²) in [6, 6.07) is 4.10. The zero-order valence-corrected chi connectivity index (χ0v) is 12.5. The molecule has 4 nitrogen and oxygen atoms in total. The van der Waals surface area contributed by atoms with E-state index in [0.717, 1.165) is 0 Å². The first-order valence-corrected chi connectivity index (χ1v) is 6.69. The number of halogens is 1. The summed E-state index contributed by atoms with van der Waals surface area (Å²) in [6.45, 7) is 5.80. The summed E-state index contributed by atoms with van der Waals surface area (Å²) < 4.78 is 18.3. The van der Waals surface area contributed by atoms with Crippen LogP contribution in [0.2, 0.25) is 0 Å². The standard InChI is InChI=1S/C16H20FNO3/c1-16(2,3)21-15(20)18-7-5-4-6-12-8-13(11-19)10-14(17)9-12/h4,6,8-11H,5,7H2,1-3H3,(H,18,20). The van der Waals surface area contributed by atoms with Crippen molar-refractivity contribution in [2.45, 2.75) is 32.8 Å². The van der Waals surface area contributed by atoms with Crippen LogP contribution in [0.25, 0.3) is 6.08 Å². The van der Waals surface area contributed by atoms with E-state index in [0.29, 0.717) is 30.4 Å². The van der Waals surface area contributed by atoms with Crippen molar-refractivity contribution in [3.63, 3.8) is 0 Å². The van der Waals surface area contributed by atoms with Gasteiger partial charge in [-0.25, -0.2) is 9.18 Å². The molecule has 0 saturated heterocycles. The van der Waals surface area contributed by atoms with Crippen LogP contribution in [-0.2, 0) is 4.74 Å². The van der Waals surface area contributed by atoms with Gasteiger partial charge in [0.25, 0.3) is 0 Å². The third-order valence-electron chi connectivity index (χ3n) is 2.37. The number of amides is 1. The number of carbonyl (C=O) groups excluding carboxylic acids is 2. The molecule has 0 aliphatic heterocycles. The van der Waals surface area contributed by atoms with Gasteiger partial charge < -0.3 is 10.1 Å². The molecule has 0 radical (unpaired) electrons. The van der Waals surface area contributed by atoms with Crippen LogP contribution in [0.15, 0.2) is 24.3 Å². The quantitative estimate of drug-likeness (QED) is 0.667. The lowest BCUT2D eigenvalue weighted by Crippen LogP contribution is -2.32. The molecule has 1 amide bonds. The fraction of sp³-hybridized carbons (Fsp3) is 0.375. The minimum absolute atomic E-state index is 0.293. The van der Waals surface area contributed by atoms with Gasteiger partial charge in [-0.15, -0.1) is 0 Å². The zero-order chi connectivity index (χ0) is 15.9. The van der Waals surface area contributed by atoms with E-state index < -0.39 is 17.5 Å². The zero-order valence-electron chi connectivity index (χ0n) is 12.5. The first kappa shape index (κ1) is 16.9. The summed E-state index contributed by atoms with van der Waals surface area (Å²) >= 11 is 0. The molecule has 1 rings (SSSR count). The van der Waals surface area contributed by atoms with E-state index in [1.54, 1.807) is 39.0 Å². The summed E-state index contributed by atoms with van der Waals surface area (Å²) in [5.74, 6) is -0.453. The Hall–Kier alpha value is -2.17. The lowest BCUT2D eigenvalue weighted by Gasteiger charge is -2.19.